The summed E-state index contributed by atoms with van der Waals surface area (Å²) < 4.78 is 0. The second-order valence-corrected chi connectivity index (χ2v) is 3.20. The van der Waals surface area contributed by atoms with Crippen LogP contribution in [0.5, 0.6) is 0 Å². The van der Waals surface area contributed by atoms with Gasteiger partial charge >= 0.3 is 0 Å². The molecule has 1 aliphatic carbocycles. The summed E-state index contributed by atoms with van der Waals surface area (Å²) in [5.74, 6) is 0. The van der Waals surface area contributed by atoms with Gasteiger partial charge in [0.25, 0.3) is 0 Å². The van der Waals surface area contributed by atoms with E-state index in [1.807, 2.05) is 27.7 Å². The van der Waals surface area contributed by atoms with Gasteiger partial charge in [0.05, 0.1) is 0 Å². The van der Waals surface area contributed by atoms with E-state index >= 15 is 0 Å². The molecule has 0 amide bonds. The lowest BCUT2D eigenvalue weighted by atomic mass is 9.88. The van der Waals surface area contributed by atoms with Crippen LogP contribution in [0.25, 0.3) is 0 Å². The molecule has 0 saturated heterocycles. The van der Waals surface area contributed by atoms with Crippen molar-refractivity contribution in [1.82, 2.24) is 0 Å². The standard InChI is InChI=1S/C10H13N.2C2H6/c11-10-7-3-5-8-4-1-2-6-9(8)10;2*1-2/h1-2,4,6,10H,3,5,7,11H2;2*1-2H3. The van der Waals surface area contributed by atoms with Gasteiger partial charge in [0.15, 0.2) is 0 Å². The van der Waals surface area contributed by atoms with E-state index in [1.54, 1.807) is 0 Å². The van der Waals surface area contributed by atoms with Crippen molar-refractivity contribution in [2.45, 2.75) is 53.0 Å². The summed E-state index contributed by atoms with van der Waals surface area (Å²) in [6.07, 6.45) is 3.61. The molecule has 15 heavy (non-hydrogen) atoms. The maximum Gasteiger partial charge on any atom is 0.0297 e. The molecule has 0 aliphatic heterocycles. The number of nitrogens with two attached hydrogens (primary N) is 1. The molecule has 1 aromatic rings. The fraction of sp³-hybridized carbons (Fsp3) is 0.571. The normalized spacial score (nSPS) is 17.5. The van der Waals surface area contributed by atoms with E-state index in [1.165, 1.54) is 24.0 Å². The highest BCUT2D eigenvalue weighted by atomic mass is 14.6. The Balaban J connectivity index is 0.000000442. The highest BCUT2D eigenvalue weighted by Gasteiger charge is 2.14. The number of benzene rings is 1. The third kappa shape index (κ3) is 4.05. The molecule has 0 bridgehead atoms. The molecular weight excluding hydrogens is 182 g/mol. The molecule has 1 unspecified atom stereocenters. The average molecular weight is 207 g/mol. The molecular formula is C14H25N. The van der Waals surface area contributed by atoms with E-state index in [4.69, 9.17) is 5.73 Å². The highest BCUT2D eigenvalue weighted by molar-refractivity contribution is 5.31. The third-order valence-electron chi connectivity index (χ3n) is 2.42. The predicted octanol–water partition coefficient (Wildman–Crippen LogP) is 4.08. The van der Waals surface area contributed by atoms with Crippen molar-refractivity contribution in [2.75, 3.05) is 0 Å². The van der Waals surface area contributed by atoms with Crippen LogP contribution in [0, 0.1) is 0 Å². The van der Waals surface area contributed by atoms with E-state index < -0.39 is 0 Å². The van der Waals surface area contributed by atoms with Crippen LogP contribution in [0.4, 0.5) is 0 Å². The van der Waals surface area contributed by atoms with Crippen LogP contribution in [0.1, 0.15) is 57.7 Å². The molecule has 0 fully saturated rings. The van der Waals surface area contributed by atoms with E-state index in [-0.39, 0.29) is 0 Å². The number of hydrogen-bond acceptors (Lipinski definition) is 1. The third-order valence-corrected chi connectivity index (χ3v) is 2.42. The second kappa shape index (κ2) is 8.49. The van der Waals surface area contributed by atoms with Crippen molar-refractivity contribution in [3.8, 4) is 0 Å². The minimum Gasteiger partial charge on any atom is -0.324 e. The average Bonchev–Trinajstić information content (AvgIpc) is 2.35. The van der Waals surface area contributed by atoms with Crippen LogP contribution in [-0.2, 0) is 6.42 Å². The Morgan fingerprint density at radius 2 is 1.67 bits per heavy atom. The molecule has 1 aromatic carbocycles. The van der Waals surface area contributed by atoms with Gasteiger partial charge in [-0.1, -0.05) is 52.0 Å². The van der Waals surface area contributed by atoms with Gasteiger partial charge in [0.2, 0.25) is 0 Å². The molecule has 2 N–H and O–H groups in total. The molecule has 0 saturated carbocycles. The van der Waals surface area contributed by atoms with E-state index in [2.05, 4.69) is 24.3 Å². The topological polar surface area (TPSA) is 26.0 Å². The van der Waals surface area contributed by atoms with E-state index in [0.29, 0.717) is 6.04 Å². The zero-order chi connectivity index (χ0) is 11.7. The van der Waals surface area contributed by atoms with Gasteiger partial charge in [0.1, 0.15) is 0 Å². The van der Waals surface area contributed by atoms with Crippen molar-refractivity contribution in [2.24, 2.45) is 5.73 Å². The summed E-state index contributed by atoms with van der Waals surface area (Å²) in [7, 11) is 0. The van der Waals surface area contributed by atoms with Gasteiger partial charge in [-0.2, -0.15) is 0 Å². The molecule has 1 aliphatic rings. The smallest absolute Gasteiger partial charge is 0.0297 e. The first-order valence-electron chi connectivity index (χ1n) is 6.21. The van der Waals surface area contributed by atoms with Crippen LogP contribution in [0.2, 0.25) is 0 Å². The van der Waals surface area contributed by atoms with Crippen LogP contribution in [0.3, 0.4) is 0 Å². The summed E-state index contributed by atoms with van der Waals surface area (Å²) in [4.78, 5) is 0. The van der Waals surface area contributed by atoms with Crippen LogP contribution in [-0.4, -0.2) is 0 Å². The summed E-state index contributed by atoms with van der Waals surface area (Å²) in [5, 5.41) is 0. The largest absolute Gasteiger partial charge is 0.324 e. The first-order chi connectivity index (χ1) is 7.38. The quantitative estimate of drug-likeness (QED) is 0.681. The molecule has 1 atom stereocenters. The summed E-state index contributed by atoms with van der Waals surface area (Å²) in [6.45, 7) is 8.00. The van der Waals surface area contributed by atoms with E-state index in [0.717, 1.165) is 6.42 Å². The van der Waals surface area contributed by atoms with Gasteiger partial charge in [-0.25, -0.2) is 0 Å². The minimum atomic E-state index is 0.292. The van der Waals surface area contributed by atoms with Gasteiger partial charge < -0.3 is 5.73 Å². The minimum absolute atomic E-state index is 0.292. The first-order valence-corrected chi connectivity index (χ1v) is 6.21. The van der Waals surface area contributed by atoms with Crippen molar-refractivity contribution < 1.29 is 0 Å². The van der Waals surface area contributed by atoms with Crippen LogP contribution < -0.4 is 5.73 Å². The second-order valence-electron chi connectivity index (χ2n) is 3.20. The first kappa shape index (κ1) is 14.2. The summed E-state index contributed by atoms with van der Waals surface area (Å²) in [6, 6.07) is 8.80. The Morgan fingerprint density at radius 1 is 1.07 bits per heavy atom. The Morgan fingerprint density at radius 3 is 2.27 bits per heavy atom. The van der Waals surface area contributed by atoms with Crippen molar-refractivity contribution in [1.29, 1.82) is 0 Å². The molecule has 0 radical (unpaired) electrons. The maximum atomic E-state index is 5.95. The SMILES string of the molecule is CC.CC.NC1CCCc2ccccc21. The lowest BCUT2D eigenvalue weighted by Crippen LogP contribution is -2.16. The molecule has 0 aromatic heterocycles. The molecule has 2 rings (SSSR count). The van der Waals surface area contributed by atoms with Crippen molar-refractivity contribution >= 4 is 0 Å². The Kier molecular flexibility index (Phi) is 8.02. The van der Waals surface area contributed by atoms with Gasteiger partial charge in [-0.3, -0.25) is 0 Å². The van der Waals surface area contributed by atoms with Gasteiger partial charge in [0, 0.05) is 6.04 Å². The Labute approximate surface area is 94.7 Å². The zero-order valence-electron chi connectivity index (χ0n) is 10.6. The van der Waals surface area contributed by atoms with Crippen LogP contribution >= 0.6 is 0 Å². The molecule has 86 valence electrons. The summed E-state index contributed by atoms with van der Waals surface area (Å²) in [5.41, 5.74) is 8.76. The number of fused-ring (bicyclic) bond motifs is 1. The van der Waals surface area contributed by atoms with E-state index in [9.17, 15) is 0 Å². The lowest BCUT2D eigenvalue weighted by Gasteiger charge is -2.21. The summed E-state index contributed by atoms with van der Waals surface area (Å²) >= 11 is 0. The van der Waals surface area contributed by atoms with Crippen LogP contribution in [0.15, 0.2) is 24.3 Å². The number of hydrogen-bond donors (Lipinski definition) is 1. The molecule has 0 spiro atoms. The fourth-order valence-electron chi connectivity index (χ4n) is 1.79. The molecule has 1 heteroatoms. The highest BCUT2D eigenvalue weighted by Crippen LogP contribution is 2.26. The number of rotatable bonds is 0. The van der Waals surface area contributed by atoms with Crippen molar-refractivity contribution in [3.63, 3.8) is 0 Å². The van der Waals surface area contributed by atoms with Gasteiger partial charge in [-0.05, 0) is 30.4 Å². The number of aryl methyl sites for hydroxylation is 1. The maximum absolute atomic E-state index is 5.95. The predicted molar refractivity (Wildman–Crippen MR) is 69.0 cm³/mol. The Hall–Kier alpha value is -0.820. The van der Waals surface area contributed by atoms with Crippen molar-refractivity contribution in [3.05, 3.63) is 35.4 Å². The lowest BCUT2D eigenvalue weighted by molar-refractivity contribution is 0.570. The zero-order valence-corrected chi connectivity index (χ0v) is 10.6. The monoisotopic (exact) mass is 207 g/mol. The molecule has 1 nitrogen and oxygen atoms in total. The fourth-order valence-corrected chi connectivity index (χ4v) is 1.79. The van der Waals surface area contributed by atoms with Gasteiger partial charge in [-0.15, -0.1) is 0 Å². The Bertz CT molecular complexity index is 255. The molecule has 0 heterocycles.